The molecular formula is C26H24O4S. The van der Waals surface area contributed by atoms with Gasteiger partial charge in [-0.2, -0.15) is 0 Å². The number of carbonyl (C=O) groups is 1. The van der Waals surface area contributed by atoms with Crippen molar-refractivity contribution in [3.8, 4) is 11.5 Å². The third-order valence-electron chi connectivity index (χ3n) is 5.61. The summed E-state index contributed by atoms with van der Waals surface area (Å²) >= 11 is 1.84. The van der Waals surface area contributed by atoms with Crippen LogP contribution < -0.4 is 9.47 Å². The zero-order valence-corrected chi connectivity index (χ0v) is 18.3. The molecule has 5 heteroatoms. The van der Waals surface area contributed by atoms with E-state index in [9.17, 15) is 4.79 Å². The van der Waals surface area contributed by atoms with Gasteiger partial charge in [0.2, 0.25) is 0 Å². The van der Waals surface area contributed by atoms with Gasteiger partial charge < -0.3 is 14.6 Å². The Morgan fingerprint density at radius 1 is 0.968 bits per heavy atom. The maximum Gasteiger partial charge on any atom is 0.328 e. The molecule has 2 unspecified atom stereocenters. The minimum Gasteiger partial charge on any atom is -0.497 e. The van der Waals surface area contributed by atoms with Gasteiger partial charge in [-0.3, -0.25) is 0 Å². The molecule has 1 aliphatic heterocycles. The fourth-order valence-electron chi connectivity index (χ4n) is 4.09. The first-order valence-electron chi connectivity index (χ1n) is 10.0. The molecule has 0 saturated heterocycles. The van der Waals surface area contributed by atoms with Gasteiger partial charge >= 0.3 is 5.97 Å². The van der Waals surface area contributed by atoms with Crippen molar-refractivity contribution in [3.63, 3.8) is 0 Å². The molecule has 31 heavy (non-hydrogen) atoms. The van der Waals surface area contributed by atoms with Crippen molar-refractivity contribution in [2.75, 3.05) is 20.0 Å². The topological polar surface area (TPSA) is 55.8 Å². The number of methoxy groups -OCH3 is 2. The lowest BCUT2D eigenvalue weighted by Gasteiger charge is -2.34. The summed E-state index contributed by atoms with van der Waals surface area (Å²) in [4.78, 5) is 12.2. The van der Waals surface area contributed by atoms with E-state index >= 15 is 0 Å². The quantitative estimate of drug-likeness (QED) is 0.497. The Morgan fingerprint density at radius 2 is 1.71 bits per heavy atom. The standard InChI is InChI=1S/C26H24O4S/c1-29-20-9-7-18(8-10-20)23-16-31-24-15-21(30-2)11-12-22(24)26(23)19-5-3-4-17(14-19)6-13-25(27)28/h3-15,23,26H,16H2,1-2H3,(H,27,28). The number of ether oxygens (including phenoxy) is 2. The molecule has 0 radical (unpaired) electrons. The molecule has 1 aliphatic rings. The summed E-state index contributed by atoms with van der Waals surface area (Å²) in [6, 6.07) is 22.7. The van der Waals surface area contributed by atoms with Gasteiger partial charge in [-0.1, -0.05) is 42.5 Å². The largest absolute Gasteiger partial charge is 0.497 e. The number of rotatable bonds is 6. The van der Waals surface area contributed by atoms with Crippen LogP contribution in [0.15, 0.2) is 77.7 Å². The molecule has 0 spiro atoms. The lowest BCUT2D eigenvalue weighted by Crippen LogP contribution is -2.20. The average Bonchev–Trinajstić information content (AvgIpc) is 2.81. The smallest absolute Gasteiger partial charge is 0.328 e. The maximum absolute atomic E-state index is 11.0. The summed E-state index contributed by atoms with van der Waals surface area (Å²) in [5.41, 5.74) is 4.56. The van der Waals surface area contributed by atoms with E-state index in [1.54, 1.807) is 20.3 Å². The number of carboxylic acids is 1. The Bertz CT molecular complexity index is 1100. The van der Waals surface area contributed by atoms with Crippen LogP contribution in [0.5, 0.6) is 11.5 Å². The van der Waals surface area contributed by atoms with Gasteiger partial charge in [-0.15, -0.1) is 11.8 Å². The molecule has 0 saturated carbocycles. The highest BCUT2D eigenvalue weighted by molar-refractivity contribution is 7.99. The predicted octanol–water partition coefficient (Wildman–Crippen LogP) is 5.82. The predicted molar refractivity (Wildman–Crippen MR) is 124 cm³/mol. The second kappa shape index (κ2) is 9.31. The molecule has 158 valence electrons. The van der Waals surface area contributed by atoms with E-state index in [0.29, 0.717) is 0 Å². The molecule has 4 nitrogen and oxygen atoms in total. The van der Waals surface area contributed by atoms with Gasteiger partial charge in [-0.05, 0) is 52.6 Å². The molecular weight excluding hydrogens is 408 g/mol. The van der Waals surface area contributed by atoms with Crippen molar-refractivity contribution in [3.05, 3.63) is 95.1 Å². The third-order valence-corrected chi connectivity index (χ3v) is 6.80. The minimum atomic E-state index is -0.951. The van der Waals surface area contributed by atoms with Gasteiger partial charge in [0.25, 0.3) is 0 Å². The number of aliphatic carboxylic acids is 1. The van der Waals surface area contributed by atoms with Crippen molar-refractivity contribution in [1.29, 1.82) is 0 Å². The molecule has 2 atom stereocenters. The first-order chi connectivity index (χ1) is 15.1. The fraction of sp³-hybridized carbons (Fsp3) is 0.192. The summed E-state index contributed by atoms with van der Waals surface area (Å²) < 4.78 is 10.8. The number of fused-ring (bicyclic) bond motifs is 1. The van der Waals surface area contributed by atoms with Crippen molar-refractivity contribution >= 4 is 23.8 Å². The van der Waals surface area contributed by atoms with Crippen LogP contribution in [-0.4, -0.2) is 31.0 Å². The molecule has 0 bridgehead atoms. The van der Waals surface area contributed by atoms with Gasteiger partial charge in [0.1, 0.15) is 11.5 Å². The Labute approximate surface area is 186 Å². The molecule has 3 aromatic carbocycles. The highest BCUT2D eigenvalue weighted by Gasteiger charge is 2.33. The van der Waals surface area contributed by atoms with Crippen molar-refractivity contribution in [1.82, 2.24) is 0 Å². The monoisotopic (exact) mass is 432 g/mol. The van der Waals surface area contributed by atoms with Crippen LogP contribution in [0.2, 0.25) is 0 Å². The van der Waals surface area contributed by atoms with E-state index in [-0.39, 0.29) is 11.8 Å². The Morgan fingerprint density at radius 3 is 2.42 bits per heavy atom. The lowest BCUT2D eigenvalue weighted by atomic mass is 9.77. The molecule has 1 heterocycles. The van der Waals surface area contributed by atoms with Crippen LogP contribution >= 0.6 is 11.8 Å². The summed E-state index contributed by atoms with van der Waals surface area (Å²) in [5.74, 6) is 2.10. The number of carboxylic acid groups (broad SMARTS) is 1. The molecule has 1 N–H and O–H groups in total. The van der Waals surface area contributed by atoms with Crippen LogP contribution in [0.1, 0.15) is 34.1 Å². The second-order valence-corrected chi connectivity index (χ2v) is 8.48. The molecule has 0 aromatic heterocycles. The summed E-state index contributed by atoms with van der Waals surface area (Å²) in [6.45, 7) is 0. The van der Waals surface area contributed by atoms with E-state index in [4.69, 9.17) is 14.6 Å². The number of benzene rings is 3. The Balaban J connectivity index is 1.80. The van der Waals surface area contributed by atoms with Crippen LogP contribution in [0.25, 0.3) is 6.08 Å². The SMILES string of the molecule is COc1ccc(C2CSc3cc(OC)ccc3C2c2cccc(C=CC(=O)O)c2)cc1. The highest BCUT2D eigenvalue weighted by atomic mass is 32.2. The number of hydrogen-bond donors (Lipinski definition) is 1. The third kappa shape index (κ3) is 4.62. The van der Waals surface area contributed by atoms with Crippen LogP contribution in [0.4, 0.5) is 0 Å². The normalized spacial score (nSPS) is 17.9. The molecule has 0 amide bonds. The zero-order valence-electron chi connectivity index (χ0n) is 17.4. The molecule has 3 aromatic rings. The first kappa shape index (κ1) is 21.1. The van der Waals surface area contributed by atoms with E-state index in [2.05, 4.69) is 36.4 Å². The molecule has 4 rings (SSSR count). The van der Waals surface area contributed by atoms with Gasteiger partial charge in [0, 0.05) is 28.6 Å². The van der Waals surface area contributed by atoms with E-state index in [1.807, 2.05) is 42.1 Å². The second-order valence-electron chi connectivity index (χ2n) is 7.41. The maximum atomic E-state index is 11.0. The van der Waals surface area contributed by atoms with Crippen molar-refractivity contribution in [2.45, 2.75) is 16.7 Å². The Kier molecular flexibility index (Phi) is 6.33. The van der Waals surface area contributed by atoms with Crippen LogP contribution in [0, 0.1) is 0 Å². The van der Waals surface area contributed by atoms with Crippen LogP contribution in [-0.2, 0) is 4.79 Å². The van der Waals surface area contributed by atoms with Gasteiger partial charge in [0.15, 0.2) is 0 Å². The van der Waals surface area contributed by atoms with E-state index in [1.165, 1.54) is 27.7 Å². The lowest BCUT2D eigenvalue weighted by molar-refractivity contribution is -0.131. The van der Waals surface area contributed by atoms with Gasteiger partial charge in [0.05, 0.1) is 14.2 Å². The molecule has 0 aliphatic carbocycles. The highest BCUT2D eigenvalue weighted by Crippen LogP contribution is 2.50. The van der Waals surface area contributed by atoms with E-state index in [0.717, 1.165) is 22.8 Å². The van der Waals surface area contributed by atoms with Gasteiger partial charge in [-0.25, -0.2) is 4.79 Å². The average molecular weight is 433 g/mol. The summed E-state index contributed by atoms with van der Waals surface area (Å²) in [6.07, 6.45) is 2.82. The summed E-state index contributed by atoms with van der Waals surface area (Å²) in [7, 11) is 3.36. The number of thioether (sulfide) groups is 1. The summed E-state index contributed by atoms with van der Waals surface area (Å²) in [5, 5.41) is 8.99. The van der Waals surface area contributed by atoms with Crippen molar-refractivity contribution < 1.29 is 19.4 Å². The zero-order chi connectivity index (χ0) is 21.8. The molecule has 0 fully saturated rings. The van der Waals surface area contributed by atoms with E-state index < -0.39 is 5.97 Å². The number of hydrogen-bond acceptors (Lipinski definition) is 4. The van der Waals surface area contributed by atoms with Crippen molar-refractivity contribution in [2.24, 2.45) is 0 Å². The first-order valence-corrected chi connectivity index (χ1v) is 11.0. The van der Waals surface area contributed by atoms with Crippen LogP contribution in [0.3, 0.4) is 0 Å². The minimum absolute atomic E-state index is 0.147. The Hall–Kier alpha value is -3.18. The fourth-order valence-corrected chi connectivity index (χ4v) is 5.40.